The van der Waals surface area contributed by atoms with Crippen LogP contribution in [0.2, 0.25) is 5.02 Å². The second-order valence-corrected chi connectivity index (χ2v) is 14.2. The largest absolute Gasteiger partial charge is 0.495 e. The quantitative estimate of drug-likeness (QED) is 0.278. The Morgan fingerprint density at radius 3 is 2.38 bits per heavy atom. The van der Waals surface area contributed by atoms with Gasteiger partial charge in [-0.15, -0.1) is 0 Å². The van der Waals surface area contributed by atoms with Gasteiger partial charge in [0.25, 0.3) is 0 Å². The van der Waals surface area contributed by atoms with Gasteiger partial charge in [0.1, 0.15) is 24.0 Å². The van der Waals surface area contributed by atoms with E-state index in [-0.39, 0.29) is 49.9 Å². The third-order valence-corrected chi connectivity index (χ3v) is 8.98. The maximum atomic E-state index is 13.6. The molecule has 2 aliphatic heterocycles. The van der Waals surface area contributed by atoms with Crippen molar-refractivity contribution in [3.05, 3.63) is 76.3 Å². The Labute approximate surface area is 287 Å². The van der Waals surface area contributed by atoms with Gasteiger partial charge >= 0.3 is 11.9 Å². The highest BCUT2D eigenvalue weighted by atomic mass is 35.5. The summed E-state index contributed by atoms with van der Waals surface area (Å²) in [6, 6.07) is 12.2. The van der Waals surface area contributed by atoms with Gasteiger partial charge in [0.15, 0.2) is 6.10 Å². The summed E-state index contributed by atoms with van der Waals surface area (Å²) in [6.07, 6.45) is 1.33. The Hall–Kier alpha value is -3.89. The van der Waals surface area contributed by atoms with Gasteiger partial charge in [-0.05, 0) is 62.4 Å². The number of cyclic esters (lactones) is 2. The van der Waals surface area contributed by atoms with Crippen molar-refractivity contribution in [1.29, 1.82) is 0 Å². The molecule has 10 nitrogen and oxygen atoms in total. The molecule has 4 rings (SSSR count). The molecule has 2 amide bonds. The normalized spacial score (nSPS) is 26.5. The molecular weight excluding hydrogens is 636 g/mol. The lowest BCUT2D eigenvalue weighted by molar-refractivity contribution is -0.179. The van der Waals surface area contributed by atoms with E-state index in [0.29, 0.717) is 16.3 Å². The first-order chi connectivity index (χ1) is 22.7. The van der Waals surface area contributed by atoms with E-state index < -0.39 is 47.4 Å². The Kier molecular flexibility index (Phi) is 12.3. The van der Waals surface area contributed by atoms with Crippen molar-refractivity contribution in [3.63, 3.8) is 0 Å². The lowest BCUT2D eigenvalue weighted by Gasteiger charge is -2.29. The predicted molar refractivity (Wildman–Crippen MR) is 181 cm³/mol. The summed E-state index contributed by atoms with van der Waals surface area (Å²) in [5.74, 6) is -2.06. The van der Waals surface area contributed by atoms with E-state index in [4.69, 9.17) is 30.5 Å². The van der Waals surface area contributed by atoms with E-state index in [1.54, 1.807) is 38.1 Å². The molecule has 0 bridgehead atoms. The summed E-state index contributed by atoms with van der Waals surface area (Å²) in [5, 5.41) is 5.92. The SMILES string of the molecule is COc1ccc(C[C@H]2NC(=O)/C=C/C[C@@H]([C@H](C)[C@@H]3O[C@H]3c3ccc(C)cc3)OC(=O)[C@H](CC(C)C)OC(=O)C(C)(C)CNC2=O)cc1Cl. The van der Waals surface area contributed by atoms with Crippen molar-refractivity contribution < 1.29 is 38.1 Å². The number of carbonyl (C=O) groups excluding carboxylic acids is 4. The fourth-order valence-corrected chi connectivity index (χ4v) is 5.86. The predicted octanol–water partition coefficient (Wildman–Crippen LogP) is 5.43. The minimum atomic E-state index is -1.20. The van der Waals surface area contributed by atoms with Crippen molar-refractivity contribution in [2.24, 2.45) is 17.3 Å². The molecule has 48 heavy (non-hydrogen) atoms. The average Bonchev–Trinajstić information content (AvgIpc) is 3.83. The number of methoxy groups -OCH3 is 1. The van der Waals surface area contributed by atoms with Gasteiger partial charge in [-0.3, -0.25) is 14.4 Å². The minimum Gasteiger partial charge on any atom is -0.495 e. The number of esters is 2. The van der Waals surface area contributed by atoms with E-state index in [1.165, 1.54) is 13.2 Å². The van der Waals surface area contributed by atoms with Gasteiger partial charge in [-0.1, -0.05) is 74.3 Å². The van der Waals surface area contributed by atoms with Gasteiger partial charge in [-0.2, -0.15) is 0 Å². The summed E-state index contributed by atoms with van der Waals surface area (Å²) in [7, 11) is 1.51. The first-order valence-electron chi connectivity index (χ1n) is 16.4. The molecule has 2 N–H and O–H groups in total. The number of epoxide rings is 1. The van der Waals surface area contributed by atoms with Crippen molar-refractivity contribution in [2.75, 3.05) is 13.7 Å². The molecule has 2 aromatic rings. The first-order valence-corrected chi connectivity index (χ1v) is 16.8. The number of rotatable bonds is 8. The van der Waals surface area contributed by atoms with Gasteiger partial charge in [0.2, 0.25) is 11.8 Å². The van der Waals surface area contributed by atoms with Crippen molar-refractivity contribution in [2.45, 2.75) is 91.3 Å². The van der Waals surface area contributed by atoms with Crippen LogP contribution in [0.1, 0.15) is 70.3 Å². The van der Waals surface area contributed by atoms with Crippen molar-refractivity contribution in [1.82, 2.24) is 10.6 Å². The maximum Gasteiger partial charge on any atom is 0.347 e. The number of halogens is 1. The zero-order chi connectivity index (χ0) is 35.2. The number of ether oxygens (including phenoxy) is 4. The summed E-state index contributed by atoms with van der Waals surface area (Å²) in [6.45, 7) is 11.0. The molecule has 1 fully saturated rings. The topological polar surface area (TPSA) is 133 Å². The smallest absolute Gasteiger partial charge is 0.347 e. The van der Waals surface area contributed by atoms with Crippen LogP contribution in [0.15, 0.2) is 54.6 Å². The highest BCUT2D eigenvalue weighted by Crippen LogP contribution is 2.45. The van der Waals surface area contributed by atoms with Crippen molar-refractivity contribution >= 4 is 35.4 Å². The lowest BCUT2D eigenvalue weighted by Crippen LogP contribution is -2.51. The zero-order valence-electron chi connectivity index (χ0n) is 28.7. The third-order valence-electron chi connectivity index (χ3n) is 8.69. The van der Waals surface area contributed by atoms with E-state index in [1.807, 2.05) is 52.0 Å². The molecule has 0 aromatic heterocycles. The molecule has 2 aromatic carbocycles. The van der Waals surface area contributed by atoms with E-state index >= 15 is 0 Å². The van der Waals surface area contributed by atoms with Crippen LogP contribution < -0.4 is 15.4 Å². The molecule has 0 unspecified atom stereocenters. The van der Waals surface area contributed by atoms with Crippen LogP contribution in [-0.2, 0) is 39.8 Å². The number of hydrogen-bond donors (Lipinski definition) is 2. The Morgan fingerprint density at radius 2 is 1.73 bits per heavy atom. The standard InChI is InChI=1S/C37H47ClN2O8/c1-21(2)17-30-35(43)46-28(23(4)32-33(48-32)25-14-11-22(3)12-15-25)9-8-10-31(41)40-27(19-24-13-16-29(45-7)26(38)18-24)34(42)39-20-37(5,6)36(44)47-30/h8,10-16,18,21,23,27-28,30,32-33H,9,17,19-20H2,1-7H3,(H,39,42)(H,40,41)/b10-8+/t23-,27+,28-,30-,32-,33-/m0/s1. The van der Waals surface area contributed by atoms with Crippen molar-refractivity contribution in [3.8, 4) is 5.75 Å². The number of carbonyl (C=O) groups is 4. The van der Waals surface area contributed by atoms with Crippen LogP contribution in [0.3, 0.4) is 0 Å². The van der Waals surface area contributed by atoms with Crippen LogP contribution in [0.25, 0.3) is 0 Å². The molecule has 0 aliphatic carbocycles. The van der Waals surface area contributed by atoms with E-state index in [2.05, 4.69) is 10.6 Å². The van der Waals surface area contributed by atoms with Gasteiger partial charge in [-0.25, -0.2) is 4.79 Å². The monoisotopic (exact) mass is 682 g/mol. The molecule has 0 spiro atoms. The maximum absolute atomic E-state index is 13.6. The highest BCUT2D eigenvalue weighted by Gasteiger charge is 2.48. The van der Waals surface area contributed by atoms with Gasteiger partial charge < -0.3 is 29.6 Å². The molecule has 0 radical (unpaired) electrons. The fourth-order valence-electron chi connectivity index (χ4n) is 5.58. The second-order valence-electron chi connectivity index (χ2n) is 13.8. The first kappa shape index (κ1) is 36.9. The van der Waals surface area contributed by atoms with Crippen LogP contribution >= 0.6 is 11.6 Å². The van der Waals surface area contributed by atoms with E-state index in [0.717, 1.165) is 11.1 Å². The lowest BCUT2D eigenvalue weighted by atomic mass is 9.92. The average molecular weight is 683 g/mol. The summed E-state index contributed by atoms with van der Waals surface area (Å²) < 4.78 is 23.1. The zero-order valence-corrected chi connectivity index (χ0v) is 29.5. The van der Waals surface area contributed by atoms with Crippen LogP contribution in [-0.4, -0.2) is 61.8 Å². The molecule has 1 saturated heterocycles. The number of benzene rings is 2. The van der Waals surface area contributed by atoms with Crippen LogP contribution in [0.5, 0.6) is 5.75 Å². The molecule has 260 valence electrons. The Bertz CT molecular complexity index is 1510. The summed E-state index contributed by atoms with van der Waals surface area (Å²) in [5.41, 5.74) is 1.67. The third kappa shape index (κ3) is 9.82. The van der Waals surface area contributed by atoms with E-state index in [9.17, 15) is 19.2 Å². The molecular formula is C37H47ClN2O8. The van der Waals surface area contributed by atoms with Gasteiger partial charge in [0.05, 0.1) is 23.7 Å². The molecule has 2 aliphatic rings. The number of aryl methyl sites for hydroxylation is 1. The molecule has 0 saturated carbocycles. The minimum absolute atomic E-state index is 0.0214. The Morgan fingerprint density at radius 1 is 1.02 bits per heavy atom. The number of amides is 2. The van der Waals surface area contributed by atoms with Gasteiger partial charge in [0, 0.05) is 25.3 Å². The summed E-state index contributed by atoms with van der Waals surface area (Å²) >= 11 is 6.32. The summed E-state index contributed by atoms with van der Waals surface area (Å²) in [4.78, 5) is 53.7. The number of nitrogens with one attached hydrogen (secondary N) is 2. The highest BCUT2D eigenvalue weighted by molar-refractivity contribution is 6.32. The Balaban J connectivity index is 1.61. The fraction of sp³-hybridized carbons (Fsp3) is 0.514. The molecule has 2 heterocycles. The second kappa shape index (κ2) is 16.0. The van der Waals surface area contributed by atoms with Crippen LogP contribution in [0.4, 0.5) is 0 Å². The molecule has 6 atom stereocenters. The molecule has 11 heteroatoms. The number of hydrogen-bond acceptors (Lipinski definition) is 8. The van der Waals surface area contributed by atoms with Crippen LogP contribution in [0, 0.1) is 24.2 Å².